The van der Waals surface area contributed by atoms with Gasteiger partial charge in [-0.1, -0.05) is 32.8 Å². The third kappa shape index (κ3) is 2.51. The number of hydrogen-bond donors (Lipinski definition) is 1. The Bertz CT molecular complexity index is 769. The monoisotopic (exact) mass is 365 g/mol. The molecule has 0 bridgehead atoms. The molecule has 4 aliphatic carbocycles. The molecule has 0 amide bonds. The molecule has 3 saturated carbocycles. The first-order chi connectivity index (χ1) is 12.9. The summed E-state index contributed by atoms with van der Waals surface area (Å²) in [6.45, 7) is 7.19. The molecule has 1 aromatic heterocycles. The van der Waals surface area contributed by atoms with Gasteiger partial charge in [0, 0.05) is 12.4 Å². The second kappa shape index (κ2) is 6.17. The van der Waals surface area contributed by atoms with Gasteiger partial charge in [0.25, 0.3) is 0 Å². The van der Waals surface area contributed by atoms with E-state index in [-0.39, 0.29) is 11.5 Å². The number of hydrogen-bond acceptors (Lipinski definition) is 2. The van der Waals surface area contributed by atoms with Crippen LogP contribution < -0.4 is 0 Å². The summed E-state index contributed by atoms with van der Waals surface area (Å²) in [5.41, 5.74) is 4.74. The number of aromatic nitrogens is 1. The molecule has 27 heavy (non-hydrogen) atoms. The highest BCUT2D eigenvalue weighted by Crippen LogP contribution is 2.67. The van der Waals surface area contributed by atoms with Gasteiger partial charge in [-0.3, -0.25) is 4.98 Å². The van der Waals surface area contributed by atoms with Gasteiger partial charge >= 0.3 is 0 Å². The van der Waals surface area contributed by atoms with Crippen LogP contribution in [0.1, 0.15) is 76.3 Å². The molecule has 0 spiro atoms. The van der Waals surface area contributed by atoms with E-state index in [4.69, 9.17) is 0 Å². The molecule has 1 N–H and O–H groups in total. The number of allylic oxidation sites excluding steroid dienone is 2. The average molecular weight is 366 g/mol. The van der Waals surface area contributed by atoms with Gasteiger partial charge < -0.3 is 5.11 Å². The second-order valence-electron chi connectivity index (χ2n) is 10.6. The molecule has 1 heterocycles. The maximum absolute atomic E-state index is 11.1. The zero-order chi connectivity index (χ0) is 18.8. The molecule has 2 nitrogen and oxygen atoms in total. The van der Waals surface area contributed by atoms with E-state index in [0.717, 1.165) is 12.3 Å². The topological polar surface area (TPSA) is 33.1 Å². The number of aliphatic hydroxyl groups excluding tert-OH is 1. The third-order valence-corrected chi connectivity index (χ3v) is 9.36. The van der Waals surface area contributed by atoms with Crippen LogP contribution >= 0.6 is 0 Å². The molecular weight excluding hydrogens is 330 g/mol. The normalized spacial score (nSPS) is 46.2. The summed E-state index contributed by atoms with van der Waals surface area (Å²) >= 11 is 0. The zero-order valence-corrected chi connectivity index (χ0v) is 17.2. The average Bonchev–Trinajstić information content (AvgIpc) is 2.99. The molecule has 2 heteroatoms. The standard InChI is InChI=1S/C25H35NO/c1-16-12-17(15-26-14-16)19-7-8-20-18-13-23(27)22-6-4-5-10-24(22,2)21(18)9-11-25(19,20)3/h7,12,14-15,18,20-23,27H,4-6,8-11,13H2,1-3H3/t18-,20-,21-,22?,23?,24+,25+/m0/s1. The van der Waals surface area contributed by atoms with Crippen molar-refractivity contribution in [3.63, 3.8) is 0 Å². The SMILES string of the molecule is Cc1cncc(C2=CC[C@H]3[C@@H]4CC(O)C5CCCC[C@]5(C)[C@H]4CC[C@]23C)c1. The summed E-state index contributed by atoms with van der Waals surface area (Å²) in [6.07, 6.45) is 16.6. The van der Waals surface area contributed by atoms with Gasteiger partial charge in [0.05, 0.1) is 6.10 Å². The fourth-order valence-electron chi connectivity index (χ4n) is 8.07. The maximum atomic E-state index is 11.1. The van der Waals surface area contributed by atoms with E-state index in [9.17, 15) is 5.11 Å². The fourth-order valence-corrected chi connectivity index (χ4v) is 8.07. The second-order valence-corrected chi connectivity index (χ2v) is 10.6. The van der Waals surface area contributed by atoms with Crippen LogP contribution in [0.15, 0.2) is 24.5 Å². The van der Waals surface area contributed by atoms with Crippen LogP contribution in [0.5, 0.6) is 0 Å². The Hall–Kier alpha value is -1.15. The van der Waals surface area contributed by atoms with E-state index in [1.165, 1.54) is 61.6 Å². The summed E-state index contributed by atoms with van der Waals surface area (Å²) in [5.74, 6) is 2.74. The molecule has 4 aliphatic rings. The Morgan fingerprint density at radius 1 is 1.04 bits per heavy atom. The van der Waals surface area contributed by atoms with E-state index in [0.29, 0.717) is 23.2 Å². The van der Waals surface area contributed by atoms with Gasteiger partial charge in [-0.2, -0.15) is 0 Å². The van der Waals surface area contributed by atoms with Gasteiger partial charge in [-0.25, -0.2) is 0 Å². The van der Waals surface area contributed by atoms with E-state index >= 15 is 0 Å². The molecule has 0 aliphatic heterocycles. The van der Waals surface area contributed by atoms with Gasteiger partial charge in [0.15, 0.2) is 0 Å². The predicted molar refractivity (Wildman–Crippen MR) is 110 cm³/mol. The van der Waals surface area contributed by atoms with Crippen molar-refractivity contribution in [1.29, 1.82) is 0 Å². The van der Waals surface area contributed by atoms with E-state index in [1.54, 1.807) is 0 Å². The highest BCUT2D eigenvalue weighted by atomic mass is 16.3. The van der Waals surface area contributed by atoms with Gasteiger partial charge in [0.2, 0.25) is 0 Å². The van der Waals surface area contributed by atoms with Crippen molar-refractivity contribution in [2.24, 2.45) is 34.5 Å². The molecule has 1 aromatic rings. The minimum atomic E-state index is -0.0800. The molecule has 5 rings (SSSR count). The third-order valence-electron chi connectivity index (χ3n) is 9.36. The minimum absolute atomic E-state index is 0.0800. The van der Waals surface area contributed by atoms with Crippen LogP contribution in [0.4, 0.5) is 0 Å². The molecule has 2 unspecified atom stereocenters. The van der Waals surface area contributed by atoms with Crippen molar-refractivity contribution in [3.8, 4) is 0 Å². The number of nitrogens with zero attached hydrogens (tertiary/aromatic N) is 1. The number of aliphatic hydroxyl groups is 1. The summed E-state index contributed by atoms with van der Waals surface area (Å²) in [7, 11) is 0. The molecule has 0 saturated heterocycles. The van der Waals surface area contributed by atoms with Crippen molar-refractivity contribution >= 4 is 5.57 Å². The van der Waals surface area contributed by atoms with Crippen molar-refractivity contribution in [1.82, 2.24) is 4.98 Å². The summed E-state index contributed by atoms with van der Waals surface area (Å²) in [4.78, 5) is 4.48. The van der Waals surface area contributed by atoms with Crippen molar-refractivity contribution in [2.75, 3.05) is 0 Å². The predicted octanol–water partition coefficient (Wildman–Crippen LogP) is 5.79. The zero-order valence-electron chi connectivity index (χ0n) is 17.2. The summed E-state index contributed by atoms with van der Waals surface area (Å²) < 4.78 is 0. The summed E-state index contributed by atoms with van der Waals surface area (Å²) in [6, 6.07) is 2.31. The maximum Gasteiger partial charge on any atom is 0.0576 e. The Balaban J connectivity index is 1.48. The molecular formula is C25H35NO. The van der Waals surface area contributed by atoms with Crippen molar-refractivity contribution in [3.05, 3.63) is 35.7 Å². The van der Waals surface area contributed by atoms with Gasteiger partial charge in [-0.05, 0) is 103 Å². The van der Waals surface area contributed by atoms with Crippen LogP contribution in [0.3, 0.4) is 0 Å². The highest BCUT2D eigenvalue weighted by molar-refractivity contribution is 5.72. The fraction of sp³-hybridized carbons (Fsp3) is 0.720. The van der Waals surface area contributed by atoms with Crippen LogP contribution in [0, 0.1) is 41.4 Å². The number of fused-ring (bicyclic) bond motifs is 5. The molecule has 146 valence electrons. The minimum Gasteiger partial charge on any atom is -0.393 e. The van der Waals surface area contributed by atoms with Gasteiger partial charge in [-0.15, -0.1) is 0 Å². The smallest absolute Gasteiger partial charge is 0.0576 e. The number of rotatable bonds is 1. The van der Waals surface area contributed by atoms with Crippen molar-refractivity contribution < 1.29 is 5.11 Å². The first kappa shape index (κ1) is 17.9. The molecule has 7 atom stereocenters. The van der Waals surface area contributed by atoms with E-state index in [1.807, 2.05) is 6.20 Å². The Morgan fingerprint density at radius 2 is 1.89 bits per heavy atom. The van der Waals surface area contributed by atoms with Crippen LogP contribution in [-0.2, 0) is 0 Å². The first-order valence-corrected chi connectivity index (χ1v) is 11.2. The lowest BCUT2D eigenvalue weighted by Gasteiger charge is -2.61. The lowest BCUT2D eigenvalue weighted by Crippen LogP contribution is -2.56. The Labute approximate surface area is 164 Å². The molecule has 0 aromatic carbocycles. The summed E-state index contributed by atoms with van der Waals surface area (Å²) in [5, 5.41) is 11.1. The van der Waals surface area contributed by atoms with Gasteiger partial charge in [0.1, 0.15) is 0 Å². The largest absolute Gasteiger partial charge is 0.393 e. The Morgan fingerprint density at radius 3 is 2.70 bits per heavy atom. The van der Waals surface area contributed by atoms with E-state index in [2.05, 4.69) is 44.1 Å². The van der Waals surface area contributed by atoms with Crippen molar-refractivity contribution in [2.45, 2.75) is 78.2 Å². The lowest BCUT2D eigenvalue weighted by atomic mass is 9.44. The highest BCUT2D eigenvalue weighted by Gasteiger charge is 2.60. The van der Waals surface area contributed by atoms with E-state index < -0.39 is 0 Å². The van der Waals surface area contributed by atoms with Crippen LogP contribution in [0.25, 0.3) is 5.57 Å². The quantitative estimate of drug-likeness (QED) is 0.683. The lowest BCUT2D eigenvalue weighted by molar-refractivity contribution is -0.148. The Kier molecular flexibility index (Phi) is 4.10. The number of aryl methyl sites for hydroxylation is 1. The number of pyridine rings is 1. The van der Waals surface area contributed by atoms with Crippen LogP contribution in [-0.4, -0.2) is 16.2 Å². The molecule has 3 fully saturated rings. The van der Waals surface area contributed by atoms with Crippen LogP contribution in [0.2, 0.25) is 0 Å². The molecule has 0 radical (unpaired) electrons. The first-order valence-electron chi connectivity index (χ1n) is 11.2.